The largest absolute Gasteiger partial charge is 0.481 e. The van der Waals surface area contributed by atoms with Gasteiger partial charge in [0.2, 0.25) is 5.91 Å². The lowest BCUT2D eigenvalue weighted by Gasteiger charge is -2.22. The molecular formula is C11H15NO4S2. The third kappa shape index (κ3) is 5.07. The van der Waals surface area contributed by atoms with Crippen LogP contribution in [0.1, 0.15) is 12.5 Å². The van der Waals surface area contributed by atoms with Gasteiger partial charge in [-0.3, -0.25) is 9.59 Å². The van der Waals surface area contributed by atoms with Crippen LogP contribution in [0.3, 0.4) is 0 Å². The first-order valence-corrected chi connectivity index (χ1v) is 7.33. The molecule has 0 saturated carbocycles. The molecule has 0 aliphatic rings. The molecule has 1 unspecified atom stereocenters. The Labute approximate surface area is 113 Å². The minimum atomic E-state index is -1.10. The second-order valence-electron chi connectivity index (χ2n) is 3.95. The van der Waals surface area contributed by atoms with E-state index in [9.17, 15) is 14.7 Å². The molecule has 0 aliphatic heterocycles. The minimum Gasteiger partial charge on any atom is -0.481 e. The first kappa shape index (κ1) is 15.0. The van der Waals surface area contributed by atoms with Crippen molar-refractivity contribution < 1.29 is 19.8 Å². The lowest BCUT2D eigenvalue weighted by atomic mass is 9.99. The van der Waals surface area contributed by atoms with Crippen LogP contribution in [0.25, 0.3) is 0 Å². The average molecular weight is 289 g/mol. The minimum absolute atomic E-state index is 0.0754. The quantitative estimate of drug-likeness (QED) is 0.694. The molecule has 18 heavy (non-hydrogen) atoms. The summed E-state index contributed by atoms with van der Waals surface area (Å²) in [5.74, 6) is -1.25. The molecule has 1 aromatic rings. The standard InChI is InChI=1S/C11H15NO4S2/c1-11(16,8-2-3-17-4-8)7-12-9(13)5-18-6-10(14)15/h2-4,16H,5-7H2,1H3,(H,12,13)(H,14,15). The smallest absolute Gasteiger partial charge is 0.313 e. The molecule has 3 N–H and O–H groups in total. The molecule has 1 atom stereocenters. The monoisotopic (exact) mass is 289 g/mol. The first-order chi connectivity index (χ1) is 8.42. The third-order valence-corrected chi connectivity index (χ3v) is 3.83. The highest BCUT2D eigenvalue weighted by Crippen LogP contribution is 2.21. The molecule has 1 heterocycles. The van der Waals surface area contributed by atoms with Crippen molar-refractivity contribution in [2.24, 2.45) is 0 Å². The van der Waals surface area contributed by atoms with Crippen LogP contribution in [0, 0.1) is 0 Å². The SMILES string of the molecule is CC(O)(CNC(=O)CSCC(=O)O)c1ccsc1. The van der Waals surface area contributed by atoms with Gasteiger partial charge in [0.1, 0.15) is 5.60 Å². The number of aliphatic carboxylic acids is 1. The van der Waals surface area contributed by atoms with Crippen molar-refractivity contribution in [3.8, 4) is 0 Å². The van der Waals surface area contributed by atoms with Crippen molar-refractivity contribution in [1.29, 1.82) is 0 Å². The number of hydrogen-bond donors (Lipinski definition) is 3. The molecule has 0 radical (unpaired) electrons. The number of carboxylic acids is 1. The number of thiophene rings is 1. The van der Waals surface area contributed by atoms with Gasteiger partial charge in [-0.15, -0.1) is 11.8 Å². The van der Waals surface area contributed by atoms with Gasteiger partial charge in [0.05, 0.1) is 18.1 Å². The maximum atomic E-state index is 11.4. The van der Waals surface area contributed by atoms with Crippen LogP contribution in [0.15, 0.2) is 16.8 Å². The van der Waals surface area contributed by atoms with E-state index in [4.69, 9.17) is 5.11 Å². The lowest BCUT2D eigenvalue weighted by molar-refractivity contribution is -0.133. The van der Waals surface area contributed by atoms with E-state index in [1.54, 1.807) is 13.0 Å². The summed E-state index contributed by atoms with van der Waals surface area (Å²) < 4.78 is 0. The van der Waals surface area contributed by atoms with E-state index in [1.165, 1.54) is 11.3 Å². The molecule has 7 heteroatoms. The summed E-state index contributed by atoms with van der Waals surface area (Å²) in [6, 6.07) is 1.80. The molecule has 0 saturated heterocycles. The van der Waals surface area contributed by atoms with Crippen molar-refractivity contribution in [3.63, 3.8) is 0 Å². The second kappa shape index (κ2) is 6.77. The number of rotatable bonds is 7. The van der Waals surface area contributed by atoms with Crippen molar-refractivity contribution in [3.05, 3.63) is 22.4 Å². The van der Waals surface area contributed by atoms with E-state index in [2.05, 4.69) is 5.32 Å². The molecule has 5 nitrogen and oxygen atoms in total. The van der Waals surface area contributed by atoms with Crippen molar-refractivity contribution >= 4 is 35.0 Å². The summed E-state index contributed by atoms with van der Waals surface area (Å²) in [6.07, 6.45) is 0. The number of carboxylic acid groups (broad SMARTS) is 1. The summed E-state index contributed by atoms with van der Waals surface area (Å²) in [6.45, 7) is 1.73. The van der Waals surface area contributed by atoms with Crippen molar-refractivity contribution in [2.75, 3.05) is 18.1 Å². The fraction of sp³-hybridized carbons (Fsp3) is 0.455. The van der Waals surface area contributed by atoms with Gasteiger partial charge in [-0.1, -0.05) is 0 Å². The predicted molar refractivity (Wildman–Crippen MR) is 71.9 cm³/mol. The maximum absolute atomic E-state index is 11.4. The van der Waals surface area contributed by atoms with Crippen molar-refractivity contribution in [2.45, 2.75) is 12.5 Å². The van der Waals surface area contributed by atoms with Gasteiger partial charge in [-0.05, 0) is 29.3 Å². The number of amides is 1. The maximum Gasteiger partial charge on any atom is 0.313 e. The van der Waals surface area contributed by atoms with Gasteiger partial charge < -0.3 is 15.5 Å². The normalized spacial score (nSPS) is 13.9. The molecule has 100 valence electrons. The fourth-order valence-electron chi connectivity index (χ4n) is 1.23. The van der Waals surface area contributed by atoms with E-state index < -0.39 is 11.6 Å². The summed E-state index contributed by atoms with van der Waals surface area (Å²) in [5.41, 5.74) is -0.348. The second-order valence-corrected chi connectivity index (χ2v) is 5.71. The van der Waals surface area contributed by atoms with Gasteiger partial charge >= 0.3 is 5.97 Å². The number of carbonyl (C=O) groups excluding carboxylic acids is 1. The van der Waals surface area contributed by atoms with E-state index in [-0.39, 0.29) is 24.0 Å². The molecule has 1 rings (SSSR count). The number of thioether (sulfide) groups is 1. The predicted octanol–water partition coefficient (Wildman–Crippen LogP) is 0.890. The molecule has 1 amide bonds. The van der Waals surface area contributed by atoms with E-state index >= 15 is 0 Å². The van der Waals surface area contributed by atoms with Gasteiger partial charge in [0.15, 0.2) is 0 Å². The van der Waals surface area contributed by atoms with Crippen LogP contribution in [-0.2, 0) is 15.2 Å². The Morgan fingerprint density at radius 1 is 1.50 bits per heavy atom. The van der Waals surface area contributed by atoms with Crippen LogP contribution in [-0.4, -0.2) is 40.1 Å². The van der Waals surface area contributed by atoms with E-state index in [1.807, 2.05) is 10.8 Å². The van der Waals surface area contributed by atoms with Crippen LogP contribution >= 0.6 is 23.1 Å². The van der Waals surface area contributed by atoms with Crippen LogP contribution in [0.5, 0.6) is 0 Å². The molecule has 0 aliphatic carbocycles. The molecular weight excluding hydrogens is 274 g/mol. The number of nitrogens with one attached hydrogen (secondary N) is 1. The topological polar surface area (TPSA) is 86.6 Å². The Bertz CT molecular complexity index is 403. The molecule has 0 bridgehead atoms. The third-order valence-electron chi connectivity index (χ3n) is 2.23. The zero-order chi connectivity index (χ0) is 13.6. The molecule has 0 aromatic carbocycles. The molecule has 0 spiro atoms. The van der Waals surface area contributed by atoms with Crippen LogP contribution in [0.2, 0.25) is 0 Å². The highest BCUT2D eigenvalue weighted by Gasteiger charge is 2.24. The van der Waals surface area contributed by atoms with Crippen LogP contribution < -0.4 is 5.32 Å². The Balaban J connectivity index is 2.32. The fourth-order valence-corrected chi connectivity index (χ4v) is 2.57. The Morgan fingerprint density at radius 3 is 2.78 bits per heavy atom. The Kier molecular flexibility index (Phi) is 5.64. The highest BCUT2D eigenvalue weighted by atomic mass is 32.2. The van der Waals surface area contributed by atoms with Gasteiger partial charge in [-0.2, -0.15) is 11.3 Å². The Hall–Kier alpha value is -1.05. The summed E-state index contributed by atoms with van der Waals surface area (Å²) in [5, 5.41) is 24.8. The highest BCUT2D eigenvalue weighted by molar-refractivity contribution is 8.00. The lowest BCUT2D eigenvalue weighted by Crippen LogP contribution is -2.39. The number of hydrogen-bond acceptors (Lipinski definition) is 5. The molecule has 0 fully saturated rings. The van der Waals surface area contributed by atoms with E-state index in [0.29, 0.717) is 0 Å². The van der Waals surface area contributed by atoms with Gasteiger partial charge in [0.25, 0.3) is 0 Å². The number of carbonyl (C=O) groups is 2. The first-order valence-electron chi connectivity index (χ1n) is 5.23. The van der Waals surface area contributed by atoms with Crippen LogP contribution in [0.4, 0.5) is 0 Å². The summed E-state index contributed by atoms with van der Waals surface area (Å²) >= 11 is 2.50. The zero-order valence-electron chi connectivity index (χ0n) is 9.88. The summed E-state index contributed by atoms with van der Waals surface area (Å²) in [7, 11) is 0. The average Bonchev–Trinajstić information content (AvgIpc) is 2.80. The number of aliphatic hydroxyl groups is 1. The van der Waals surface area contributed by atoms with Gasteiger partial charge in [-0.25, -0.2) is 0 Å². The Morgan fingerprint density at radius 2 is 2.22 bits per heavy atom. The van der Waals surface area contributed by atoms with Gasteiger partial charge in [0, 0.05) is 0 Å². The summed E-state index contributed by atoms with van der Waals surface area (Å²) in [4.78, 5) is 21.7. The van der Waals surface area contributed by atoms with E-state index in [0.717, 1.165) is 17.3 Å². The molecule has 1 aromatic heterocycles. The van der Waals surface area contributed by atoms with Crippen molar-refractivity contribution in [1.82, 2.24) is 5.32 Å². The zero-order valence-corrected chi connectivity index (χ0v) is 11.5.